The van der Waals surface area contributed by atoms with Crippen molar-refractivity contribution in [3.05, 3.63) is 30.1 Å². The molecule has 0 bridgehead atoms. The summed E-state index contributed by atoms with van der Waals surface area (Å²) in [6, 6.07) is 3.93. The maximum Gasteiger partial charge on any atom is 0.433 e. The molecule has 0 amide bonds. The van der Waals surface area contributed by atoms with Crippen molar-refractivity contribution in [2.75, 3.05) is 25.0 Å². The van der Waals surface area contributed by atoms with E-state index in [1.807, 2.05) is 0 Å². The van der Waals surface area contributed by atoms with Crippen molar-refractivity contribution < 1.29 is 18.6 Å². The second-order valence-corrected chi connectivity index (χ2v) is 5.49. The number of hydrogen-bond donors (Lipinski definition) is 2. The Morgan fingerprint density at radius 3 is 2.54 bits per heavy atom. The lowest BCUT2D eigenvalue weighted by atomic mass is 9.98. The first kappa shape index (κ1) is 20.4. The van der Waals surface area contributed by atoms with Gasteiger partial charge in [-0.2, -0.15) is 13.2 Å². The van der Waals surface area contributed by atoms with E-state index in [0.29, 0.717) is 22.6 Å². The molecule has 3 rings (SSSR count). The Kier molecular flexibility index (Phi) is 7.19. The molecular weight excluding hydrogens is 345 g/mol. The van der Waals surface area contributed by atoms with Gasteiger partial charge in [0.2, 0.25) is 0 Å². The standard InChI is InChI=1S/C15H17F3N4.ClH.H2O/c16-15(17,18)13-2-1-11-12(22-13)5-8-20-14(11)21-9-10-3-6-19-7-4-10;;/h1-2,5,8,10,19H,3-4,6-7,9H2,(H,20,21);1H;1H2. The summed E-state index contributed by atoms with van der Waals surface area (Å²) in [4.78, 5) is 7.92. The second-order valence-electron chi connectivity index (χ2n) is 5.49. The summed E-state index contributed by atoms with van der Waals surface area (Å²) in [5.41, 5.74) is -0.576. The average Bonchev–Trinajstić information content (AvgIpc) is 2.52. The first-order valence-electron chi connectivity index (χ1n) is 7.31. The second kappa shape index (κ2) is 8.46. The Morgan fingerprint density at radius 2 is 1.88 bits per heavy atom. The van der Waals surface area contributed by atoms with Gasteiger partial charge in [0, 0.05) is 18.1 Å². The van der Waals surface area contributed by atoms with Crippen LogP contribution in [0, 0.1) is 5.92 Å². The van der Waals surface area contributed by atoms with E-state index in [4.69, 9.17) is 0 Å². The number of alkyl halides is 3. The zero-order valence-corrected chi connectivity index (χ0v) is 13.7. The molecule has 5 nitrogen and oxygen atoms in total. The molecule has 134 valence electrons. The summed E-state index contributed by atoms with van der Waals surface area (Å²) < 4.78 is 38.1. The van der Waals surface area contributed by atoms with Crippen LogP contribution in [0.4, 0.5) is 19.0 Å². The number of anilines is 1. The van der Waals surface area contributed by atoms with Crippen LogP contribution in [0.2, 0.25) is 0 Å². The molecule has 9 heteroatoms. The van der Waals surface area contributed by atoms with Crippen molar-refractivity contribution in [3.63, 3.8) is 0 Å². The average molecular weight is 365 g/mol. The van der Waals surface area contributed by atoms with Gasteiger partial charge < -0.3 is 16.1 Å². The Bertz CT molecular complexity index is 663. The zero-order chi connectivity index (χ0) is 15.6. The number of nitrogens with one attached hydrogen (secondary N) is 2. The van der Waals surface area contributed by atoms with E-state index < -0.39 is 11.9 Å². The molecular formula is C15H20ClF3N4O. The number of pyridine rings is 2. The minimum atomic E-state index is -4.43. The van der Waals surface area contributed by atoms with Gasteiger partial charge in [0.1, 0.15) is 11.5 Å². The van der Waals surface area contributed by atoms with E-state index in [1.54, 1.807) is 0 Å². The minimum Gasteiger partial charge on any atom is -0.412 e. The van der Waals surface area contributed by atoms with Crippen LogP contribution in [0.25, 0.3) is 10.9 Å². The number of halogens is 4. The highest BCUT2D eigenvalue weighted by atomic mass is 35.5. The minimum absolute atomic E-state index is 0. The number of aromatic nitrogens is 2. The van der Waals surface area contributed by atoms with Crippen LogP contribution in [0.3, 0.4) is 0 Å². The molecule has 0 atom stereocenters. The largest absolute Gasteiger partial charge is 0.433 e. The molecule has 2 aromatic heterocycles. The highest BCUT2D eigenvalue weighted by Gasteiger charge is 2.32. The van der Waals surface area contributed by atoms with E-state index in [0.717, 1.165) is 38.5 Å². The molecule has 1 aliphatic heterocycles. The molecule has 0 aliphatic carbocycles. The molecule has 24 heavy (non-hydrogen) atoms. The number of rotatable bonds is 3. The highest BCUT2D eigenvalue weighted by molar-refractivity contribution is 5.89. The van der Waals surface area contributed by atoms with Gasteiger partial charge in [-0.1, -0.05) is 0 Å². The van der Waals surface area contributed by atoms with Crippen molar-refractivity contribution in [2.45, 2.75) is 19.0 Å². The summed E-state index contributed by atoms with van der Waals surface area (Å²) in [6.45, 7) is 2.78. The van der Waals surface area contributed by atoms with Crippen LogP contribution in [-0.2, 0) is 6.18 Å². The molecule has 1 saturated heterocycles. The first-order valence-corrected chi connectivity index (χ1v) is 7.31. The predicted molar refractivity (Wildman–Crippen MR) is 89.5 cm³/mol. The smallest absolute Gasteiger partial charge is 0.412 e. The molecule has 0 spiro atoms. The van der Waals surface area contributed by atoms with E-state index in [1.165, 1.54) is 18.3 Å². The normalized spacial score (nSPS) is 15.5. The third kappa shape index (κ3) is 4.68. The van der Waals surface area contributed by atoms with Crippen LogP contribution in [0.5, 0.6) is 0 Å². The van der Waals surface area contributed by atoms with Crippen molar-refractivity contribution in [1.29, 1.82) is 0 Å². The van der Waals surface area contributed by atoms with Crippen LogP contribution in [0.1, 0.15) is 18.5 Å². The fourth-order valence-electron chi connectivity index (χ4n) is 2.68. The van der Waals surface area contributed by atoms with Crippen LogP contribution < -0.4 is 10.6 Å². The topological polar surface area (TPSA) is 81.3 Å². The van der Waals surface area contributed by atoms with Crippen molar-refractivity contribution in [1.82, 2.24) is 15.3 Å². The molecule has 0 radical (unpaired) electrons. The lowest BCUT2D eigenvalue weighted by Gasteiger charge is -2.23. The van der Waals surface area contributed by atoms with E-state index in [2.05, 4.69) is 20.6 Å². The van der Waals surface area contributed by atoms with Gasteiger partial charge >= 0.3 is 6.18 Å². The molecule has 2 aromatic rings. The Hall–Kier alpha value is -1.64. The maximum absolute atomic E-state index is 12.7. The Morgan fingerprint density at radius 1 is 1.17 bits per heavy atom. The van der Waals surface area contributed by atoms with Crippen LogP contribution >= 0.6 is 12.4 Å². The molecule has 1 aliphatic rings. The summed E-state index contributed by atoms with van der Waals surface area (Å²) in [7, 11) is 0. The van der Waals surface area contributed by atoms with Crippen molar-refractivity contribution in [2.24, 2.45) is 5.92 Å². The van der Waals surface area contributed by atoms with Gasteiger partial charge in [-0.25, -0.2) is 9.97 Å². The van der Waals surface area contributed by atoms with Gasteiger partial charge in [-0.15, -0.1) is 12.4 Å². The third-order valence-corrected chi connectivity index (χ3v) is 3.92. The number of piperidine rings is 1. The quantitative estimate of drug-likeness (QED) is 0.877. The van der Waals surface area contributed by atoms with Crippen LogP contribution in [0.15, 0.2) is 24.4 Å². The van der Waals surface area contributed by atoms with Crippen LogP contribution in [-0.4, -0.2) is 35.1 Å². The highest BCUT2D eigenvalue weighted by Crippen LogP contribution is 2.30. The first-order chi connectivity index (χ1) is 10.5. The molecule has 1 fully saturated rings. The monoisotopic (exact) mass is 364 g/mol. The van der Waals surface area contributed by atoms with Gasteiger partial charge in [-0.3, -0.25) is 0 Å². The van der Waals surface area contributed by atoms with E-state index in [9.17, 15) is 13.2 Å². The Labute approximate surface area is 143 Å². The lowest BCUT2D eigenvalue weighted by Crippen LogP contribution is -2.31. The maximum atomic E-state index is 12.7. The summed E-state index contributed by atoms with van der Waals surface area (Å²) >= 11 is 0. The number of hydrogen-bond acceptors (Lipinski definition) is 4. The number of fused-ring (bicyclic) bond motifs is 1. The van der Waals surface area contributed by atoms with Gasteiger partial charge in [-0.05, 0) is 50.0 Å². The molecule has 0 unspecified atom stereocenters. The summed E-state index contributed by atoms with van der Waals surface area (Å²) in [5, 5.41) is 7.17. The molecule has 4 N–H and O–H groups in total. The van der Waals surface area contributed by atoms with Crippen molar-refractivity contribution in [3.8, 4) is 0 Å². The third-order valence-electron chi connectivity index (χ3n) is 3.92. The molecule has 0 saturated carbocycles. The molecule has 3 heterocycles. The fraction of sp³-hybridized carbons (Fsp3) is 0.467. The van der Waals surface area contributed by atoms with E-state index >= 15 is 0 Å². The molecule has 0 aromatic carbocycles. The van der Waals surface area contributed by atoms with Crippen molar-refractivity contribution >= 4 is 29.1 Å². The Balaban J connectivity index is 0.00000144. The number of nitrogens with zero attached hydrogens (tertiary/aromatic N) is 2. The SMILES string of the molecule is Cl.FC(F)(F)c1ccc2c(NCC3CCNCC3)nccc2n1.O. The summed E-state index contributed by atoms with van der Waals surface area (Å²) in [6.07, 6.45) is -0.761. The van der Waals surface area contributed by atoms with E-state index in [-0.39, 0.29) is 17.9 Å². The van der Waals surface area contributed by atoms with Gasteiger partial charge in [0.25, 0.3) is 0 Å². The lowest BCUT2D eigenvalue weighted by molar-refractivity contribution is -0.140. The summed E-state index contributed by atoms with van der Waals surface area (Å²) in [5.74, 6) is 1.15. The predicted octanol–water partition coefficient (Wildman–Crippen LogP) is 2.66. The zero-order valence-electron chi connectivity index (χ0n) is 12.9. The fourth-order valence-corrected chi connectivity index (χ4v) is 2.68. The van der Waals surface area contributed by atoms with Gasteiger partial charge in [0.15, 0.2) is 0 Å². The van der Waals surface area contributed by atoms with Gasteiger partial charge in [0.05, 0.1) is 5.52 Å².